The molecule has 1 aromatic heterocycles. The molecule has 0 spiro atoms. The first-order chi connectivity index (χ1) is 22.3. The molecule has 6 aromatic carbocycles. The second-order valence-corrected chi connectivity index (χ2v) is 11.6. The molecule has 7 aromatic rings. The van der Waals surface area contributed by atoms with Crippen molar-refractivity contribution in [1.29, 1.82) is 0 Å². The van der Waals surface area contributed by atoms with E-state index in [1.165, 1.54) is 11.1 Å². The van der Waals surface area contributed by atoms with E-state index in [0.29, 0.717) is 0 Å². The molecule has 5 nitrogen and oxygen atoms in total. The average Bonchev–Trinajstić information content (AvgIpc) is 4.03. The average molecular weight is 587 g/mol. The summed E-state index contributed by atoms with van der Waals surface area (Å²) >= 11 is 0. The number of anilines is 6. The summed E-state index contributed by atoms with van der Waals surface area (Å²) in [5, 5.41) is 2.18. The minimum Gasteiger partial charge on any atom is -0.456 e. The van der Waals surface area contributed by atoms with E-state index in [4.69, 9.17) is 13.9 Å². The van der Waals surface area contributed by atoms with Crippen LogP contribution in [0.25, 0.3) is 21.9 Å². The van der Waals surface area contributed by atoms with Crippen molar-refractivity contribution in [3.05, 3.63) is 157 Å². The van der Waals surface area contributed by atoms with Crippen molar-refractivity contribution >= 4 is 56.1 Å². The Bertz CT molecular complexity index is 1960. The molecule has 2 aliphatic heterocycles. The lowest BCUT2D eigenvalue weighted by molar-refractivity contribution is 0.415. The maximum atomic E-state index is 6.61. The summed E-state index contributed by atoms with van der Waals surface area (Å²) < 4.78 is 17.6. The number of furan rings is 1. The second-order valence-electron chi connectivity index (χ2n) is 11.6. The number of nitrogens with zero attached hydrogens (tertiary/aromatic N) is 2. The fraction of sp³-hybridized carbons (Fsp3) is 0.100. The van der Waals surface area contributed by atoms with Crippen molar-refractivity contribution in [3.63, 3.8) is 0 Å². The maximum Gasteiger partial charge on any atom is 0.137 e. The number of hydrogen-bond acceptors (Lipinski definition) is 5. The van der Waals surface area contributed by atoms with Gasteiger partial charge in [0.05, 0.1) is 13.2 Å². The minimum atomic E-state index is 0.232. The van der Waals surface area contributed by atoms with Gasteiger partial charge in [0, 0.05) is 57.0 Å². The molecule has 3 heterocycles. The van der Waals surface area contributed by atoms with E-state index in [9.17, 15) is 0 Å². The van der Waals surface area contributed by atoms with Crippen LogP contribution in [0.15, 0.2) is 150 Å². The lowest BCUT2D eigenvalue weighted by atomic mass is 10.1. The van der Waals surface area contributed by atoms with Crippen molar-refractivity contribution in [2.24, 2.45) is 0 Å². The first-order valence-electron chi connectivity index (χ1n) is 15.4. The van der Waals surface area contributed by atoms with E-state index in [0.717, 1.165) is 69.3 Å². The molecule has 9 rings (SSSR count). The van der Waals surface area contributed by atoms with Gasteiger partial charge in [-0.1, -0.05) is 60.7 Å². The molecular weight excluding hydrogens is 556 g/mol. The summed E-state index contributed by atoms with van der Waals surface area (Å²) in [6, 6.07) is 51.2. The van der Waals surface area contributed by atoms with Gasteiger partial charge in [-0.25, -0.2) is 0 Å². The normalized spacial score (nSPS) is 17.0. The van der Waals surface area contributed by atoms with Crippen LogP contribution in [-0.2, 0) is 9.47 Å². The summed E-state index contributed by atoms with van der Waals surface area (Å²) in [6.07, 6.45) is 0.464. The van der Waals surface area contributed by atoms with Gasteiger partial charge in [-0.15, -0.1) is 0 Å². The molecule has 2 fully saturated rings. The van der Waals surface area contributed by atoms with Crippen LogP contribution < -0.4 is 9.80 Å². The summed E-state index contributed by atoms with van der Waals surface area (Å²) in [5.74, 6) is 0. The molecule has 0 saturated carbocycles. The Morgan fingerprint density at radius 1 is 0.400 bits per heavy atom. The first kappa shape index (κ1) is 26.1. The van der Waals surface area contributed by atoms with Gasteiger partial charge < -0.3 is 23.7 Å². The van der Waals surface area contributed by atoms with E-state index in [1.54, 1.807) is 0 Å². The van der Waals surface area contributed by atoms with Crippen LogP contribution in [0, 0.1) is 0 Å². The summed E-state index contributed by atoms with van der Waals surface area (Å²) in [4.78, 5) is 4.53. The van der Waals surface area contributed by atoms with Crippen LogP contribution in [0.5, 0.6) is 0 Å². The van der Waals surface area contributed by atoms with Crippen molar-refractivity contribution in [1.82, 2.24) is 0 Å². The number of epoxide rings is 2. The van der Waals surface area contributed by atoms with Crippen LogP contribution in [0.4, 0.5) is 34.1 Å². The van der Waals surface area contributed by atoms with Crippen LogP contribution in [0.1, 0.15) is 23.3 Å². The monoisotopic (exact) mass is 586 g/mol. The Labute approximate surface area is 261 Å². The molecule has 0 radical (unpaired) electrons. The predicted molar refractivity (Wildman–Crippen MR) is 180 cm³/mol. The first-order valence-corrected chi connectivity index (χ1v) is 15.4. The topological polar surface area (TPSA) is 44.7 Å². The Hall–Kier alpha value is -5.36. The third-order valence-corrected chi connectivity index (χ3v) is 8.70. The van der Waals surface area contributed by atoms with Crippen LogP contribution in [0.3, 0.4) is 0 Å². The van der Waals surface area contributed by atoms with Gasteiger partial charge in [0.1, 0.15) is 23.4 Å². The number of fused-ring (bicyclic) bond motifs is 3. The smallest absolute Gasteiger partial charge is 0.137 e. The highest BCUT2D eigenvalue weighted by Gasteiger charge is 2.26. The van der Waals surface area contributed by atoms with E-state index < -0.39 is 0 Å². The number of hydrogen-bond donors (Lipinski definition) is 0. The zero-order chi connectivity index (χ0) is 29.7. The number of ether oxygens (including phenoxy) is 2. The number of para-hydroxylation sites is 2. The SMILES string of the molecule is c1ccc(N(c2ccc(C3CO3)cc2)c2ccc3c(c2)oc2cc(N(c4ccccc4)c4ccc(C5CO5)cc4)ccc23)cc1. The van der Waals surface area contributed by atoms with Gasteiger partial charge in [-0.2, -0.15) is 0 Å². The lowest BCUT2D eigenvalue weighted by Gasteiger charge is -2.25. The zero-order valence-electron chi connectivity index (χ0n) is 24.5. The third kappa shape index (κ3) is 4.92. The highest BCUT2D eigenvalue weighted by Crippen LogP contribution is 2.42. The molecule has 45 heavy (non-hydrogen) atoms. The summed E-state index contributed by atoms with van der Waals surface area (Å²) in [5.41, 5.74) is 10.5. The van der Waals surface area contributed by atoms with E-state index >= 15 is 0 Å². The minimum absolute atomic E-state index is 0.232. The number of benzene rings is 6. The standard InChI is InChI=1S/C40H30N2O3/c1-3-7-29(8-4-1)41(31-15-11-27(12-16-31)39-25-43-39)33-19-21-35-36-22-20-34(24-38(36)45-37(35)23-33)42(30-9-5-2-6-10-30)32-17-13-28(14-18-32)40-26-44-40/h1-24,39-40H,25-26H2. The Balaban J connectivity index is 1.12. The Morgan fingerprint density at radius 2 is 0.756 bits per heavy atom. The van der Waals surface area contributed by atoms with Gasteiger partial charge in [-0.3, -0.25) is 0 Å². The van der Waals surface area contributed by atoms with E-state index in [-0.39, 0.29) is 12.2 Å². The zero-order valence-corrected chi connectivity index (χ0v) is 24.5. The Morgan fingerprint density at radius 3 is 1.13 bits per heavy atom. The number of rotatable bonds is 8. The quantitative estimate of drug-likeness (QED) is 0.166. The third-order valence-electron chi connectivity index (χ3n) is 8.70. The van der Waals surface area contributed by atoms with Gasteiger partial charge in [0.15, 0.2) is 0 Å². The maximum absolute atomic E-state index is 6.61. The molecule has 0 N–H and O–H groups in total. The fourth-order valence-corrected chi connectivity index (χ4v) is 6.24. The van der Waals surface area contributed by atoms with Gasteiger partial charge in [0.2, 0.25) is 0 Å². The van der Waals surface area contributed by atoms with Crippen LogP contribution >= 0.6 is 0 Å². The highest BCUT2D eigenvalue weighted by atomic mass is 16.6. The van der Waals surface area contributed by atoms with Crippen molar-refractivity contribution < 1.29 is 13.9 Å². The molecule has 0 bridgehead atoms. The molecule has 5 heteroatoms. The highest BCUT2D eigenvalue weighted by molar-refractivity contribution is 6.07. The van der Waals surface area contributed by atoms with Gasteiger partial charge >= 0.3 is 0 Å². The largest absolute Gasteiger partial charge is 0.456 e. The predicted octanol–water partition coefficient (Wildman–Crippen LogP) is 10.7. The molecule has 0 aliphatic carbocycles. The molecule has 0 amide bonds. The van der Waals surface area contributed by atoms with Crippen molar-refractivity contribution in [2.75, 3.05) is 23.0 Å². The molecule has 2 atom stereocenters. The molecule has 218 valence electrons. The van der Waals surface area contributed by atoms with Crippen LogP contribution in [0.2, 0.25) is 0 Å². The van der Waals surface area contributed by atoms with Gasteiger partial charge in [0.25, 0.3) is 0 Å². The molecule has 2 unspecified atom stereocenters. The molecule has 2 aliphatic rings. The Kier molecular flexibility index (Phi) is 6.18. The summed E-state index contributed by atoms with van der Waals surface area (Å²) in [7, 11) is 0. The fourth-order valence-electron chi connectivity index (χ4n) is 6.24. The molecular formula is C40H30N2O3. The van der Waals surface area contributed by atoms with Crippen LogP contribution in [-0.4, -0.2) is 13.2 Å². The van der Waals surface area contributed by atoms with E-state index in [2.05, 4.69) is 143 Å². The van der Waals surface area contributed by atoms with Gasteiger partial charge in [-0.05, 0) is 83.9 Å². The van der Waals surface area contributed by atoms with Crippen molar-refractivity contribution in [2.45, 2.75) is 12.2 Å². The van der Waals surface area contributed by atoms with Crippen molar-refractivity contribution in [3.8, 4) is 0 Å². The lowest BCUT2D eigenvalue weighted by Crippen LogP contribution is -2.09. The molecule has 2 saturated heterocycles. The second kappa shape index (κ2) is 10.7. The van der Waals surface area contributed by atoms with E-state index in [1.807, 2.05) is 12.1 Å². The summed E-state index contributed by atoms with van der Waals surface area (Å²) in [6.45, 7) is 1.61.